The van der Waals surface area contributed by atoms with Crippen molar-refractivity contribution in [3.63, 3.8) is 0 Å². The molecular formula is C25H30N6O. The van der Waals surface area contributed by atoms with Crippen LogP contribution in [0, 0.1) is 27.7 Å². The highest BCUT2D eigenvalue weighted by atomic mass is 16.2. The van der Waals surface area contributed by atoms with Gasteiger partial charge in [0.05, 0.1) is 0 Å². The number of aryl methyl sites for hydroxylation is 3. The smallest absolute Gasteiger partial charge is 0.321 e. The van der Waals surface area contributed by atoms with E-state index in [0.717, 1.165) is 41.7 Å². The first-order chi connectivity index (χ1) is 15.4. The fourth-order valence-corrected chi connectivity index (χ4v) is 3.78. The van der Waals surface area contributed by atoms with E-state index >= 15 is 0 Å². The Hall–Kier alpha value is -3.61. The van der Waals surface area contributed by atoms with Gasteiger partial charge in [-0.1, -0.05) is 29.8 Å². The lowest BCUT2D eigenvalue weighted by Crippen LogP contribution is -2.50. The first-order valence-corrected chi connectivity index (χ1v) is 11.0. The highest BCUT2D eigenvalue weighted by Crippen LogP contribution is 2.22. The second-order valence-electron chi connectivity index (χ2n) is 8.30. The second kappa shape index (κ2) is 9.26. The standard InChI is InChI=1S/C25H30N6O/c1-17-8-10-21(11-9-17)28-23-16-24(27-20(4)26-23)30-12-14-31(15-13-30)25(32)29-22-7-5-6-18(2)19(22)3/h5-11,16H,12-15H2,1-4H3,(H,29,32)(H,26,27,28). The molecule has 1 saturated heterocycles. The topological polar surface area (TPSA) is 73.4 Å². The minimum Gasteiger partial charge on any atom is -0.353 e. The molecular weight excluding hydrogens is 400 g/mol. The Kier molecular flexibility index (Phi) is 6.25. The summed E-state index contributed by atoms with van der Waals surface area (Å²) in [5, 5.41) is 6.42. The number of nitrogens with zero attached hydrogens (tertiary/aromatic N) is 4. The number of amides is 2. The van der Waals surface area contributed by atoms with E-state index in [1.54, 1.807) is 0 Å². The molecule has 0 bridgehead atoms. The number of benzene rings is 2. The molecule has 1 aliphatic rings. The molecule has 2 heterocycles. The van der Waals surface area contributed by atoms with Crippen molar-refractivity contribution in [2.45, 2.75) is 27.7 Å². The minimum atomic E-state index is -0.0565. The SMILES string of the molecule is Cc1ccc(Nc2cc(N3CCN(C(=O)Nc4cccc(C)c4C)CC3)nc(C)n2)cc1. The molecule has 0 aliphatic carbocycles. The van der Waals surface area contributed by atoms with Crippen molar-refractivity contribution >= 4 is 29.0 Å². The molecule has 0 spiro atoms. The molecule has 0 atom stereocenters. The minimum absolute atomic E-state index is 0.0565. The summed E-state index contributed by atoms with van der Waals surface area (Å²) in [6, 6.07) is 16.1. The van der Waals surface area contributed by atoms with Gasteiger partial charge in [-0.3, -0.25) is 0 Å². The summed E-state index contributed by atoms with van der Waals surface area (Å²) in [5.74, 6) is 2.36. The average molecular weight is 431 g/mol. The van der Waals surface area contributed by atoms with E-state index in [4.69, 9.17) is 0 Å². The van der Waals surface area contributed by atoms with Gasteiger partial charge in [0.2, 0.25) is 0 Å². The van der Waals surface area contributed by atoms with Crippen molar-refractivity contribution in [1.29, 1.82) is 0 Å². The van der Waals surface area contributed by atoms with Crippen LogP contribution in [-0.4, -0.2) is 47.1 Å². The molecule has 0 unspecified atom stereocenters. The van der Waals surface area contributed by atoms with Gasteiger partial charge in [-0.05, 0) is 57.0 Å². The number of carbonyl (C=O) groups excluding carboxylic acids is 1. The zero-order valence-electron chi connectivity index (χ0n) is 19.1. The zero-order valence-corrected chi connectivity index (χ0v) is 19.1. The van der Waals surface area contributed by atoms with Gasteiger partial charge in [-0.25, -0.2) is 14.8 Å². The molecule has 7 heteroatoms. The third-order valence-electron chi connectivity index (χ3n) is 5.89. The number of urea groups is 1. The molecule has 1 aromatic heterocycles. The van der Waals surface area contributed by atoms with Crippen LogP contribution in [0.4, 0.5) is 27.8 Å². The van der Waals surface area contributed by atoms with Gasteiger partial charge in [0, 0.05) is 43.6 Å². The van der Waals surface area contributed by atoms with Gasteiger partial charge in [-0.2, -0.15) is 0 Å². The van der Waals surface area contributed by atoms with Crippen LogP contribution < -0.4 is 15.5 Å². The number of anilines is 4. The molecule has 166 valence electrons. The quantitative estimate of drug-likeness (QED) is 0.622. The number of rotatable bonds is 4. The van der Waals surface area contributed by atoms with Crippen LogP contribution in [0.3, 0.4) is 0 Å². The van der Waals surface area contributed by atoms with E-state index in [1.165, 1.54) is 11.1 Å². The van der Waals surface area contributed by atoms with Crippen LogP contribution in [0.25, 0.3) is 0 Å². The Morgan fingerprint density at radius 2 is 1.62 bits per heavy atom. The number of hydrogen-bond donors (Lipinski definition) is 2. The second-order valence-corrected chi connectivity index (χ2v) is 8.30. The molecule has 0 radical (unpaired) electrons. The summed E-state index contributed by atoms with van der Waals surface area (Å²) in [6.07, 6.45) is 0. The van der Waals surface area contributed by atoms with Crippen LogP contribution in [0.5, 0.6) is 0 Å². The van der Waals surface area contributed by atoms with Crippen molar-refractivity contribution in [2.24, 2.45) is 0 Å². The van der Waals surface area contributed by atoms with Gasteiger partial charge in [0.1, 0.15) is 17.5 Å². The number of nitrogens with one attached hydrogen (secondary N) is 2. The van der Waals surface area contributed by atoms with Crippen molar-refractivity contribution in [3.8, 4) is 0 Å². The summed E-state index contributed by atoms with van der Waals surface area (Å²) < 4.78 is 0. The van der Waals surface area contributed by atoms with Crippen molar-refractivity contribution in [1.82, 2.24) is 14.9 Å². The molecule has 32 heavy (non-hydrogen) atoms. The summed E-state index contributed by atoms with van der Waals surface area (Å²) >= 11 is 0. The molecule has 1 fully saturated rings. The van der Waals surface area contributed by atoms with Crippen LogP contribution in [-0.2, 0) is 0 Å². The lowest BCUT2D eigenvalue weighted by molar-refractivity contribution is 0.208. The molecule has 2 N–H and O–H groups in total. The lowest BCUT2D eigenvalue weighted by atomic mass is 10.1. The Morgan fingerprint density at radius 1 is 0.906 bits per heavy atom. The highest BCUT2D eigenvalue weighted by molar-refractivity contribution is 5.90. The number of carbonyl (C=O) groups is 1. The van der Waals surface area contributed by atoms with Gasteiger partial charge in [0.25, 0.3) is 0 Å². The Labute approximate surface area is 189 Å². The van der Waals surface area contributed by atoms with Crippen LogP contribution in [0.2, 0.25) is 0 Å². The Bertz CT molecular complexity index is 1100. The zero-order chi connectivity index (χ0) is 22.7. The van der Waals surface area contributed by atoms with Gasteiger partial charge in [-0.15, -0.1) is 0 Å². The Balaban J connectivity index is 1.39. The van der Waals surface area contributed by atoms with Crippen LogP contribution >= 0.6 is 0 Å². The van der Waals surface area contributed by atoms with Gasteiger partial charge in [0.15, 0.2) is 0 Å². The van der Waals surface area contributed by atoms with Gasteiger partial charge < -0.3 is 20.4 Å². The number of hydrogen-bond acceptors (Lipinski definition) is 5. The lowest BCUT2D eigenvalue weighted by Gasteiger charge is -2.35. The molecule has 2 amide bonds. The summed E-state index contributed by atoms with van der Waals surface area (Å²) in [7, 11) is 0. The molecule has 7 nitrogen and oxygen atoms in total. The molecule has 2 aromatic carbocycles. The first kappa shape index (κ1) is 21.6. The predicted octanol–water partition coefficient (Wildman–Crippen LogP) is 4.81. The third kappa shape index (κ3) is 4.99. The largest absolute Gasteiger partial charge is 0.353 e. The van der Waals surface area contributed by atoms with E-state index < -0.39 is 0 Å². The maximum Gasteiger partial charge on any atom is 0.321 e. The van der Waals surface area contributed by atoms with E-state index in [1.807, 2.05) is 49.1 Å². The fourth-order valence-electron chi connectivity index (χ4n) is 3.78. The summed E-state index contributed by atoms with van der Waals surface area (Å²) in [6.45, 7) is 10.8. The normalized spacial score (nSPS) is 13.8. The third-order valence-corrected chi connectivity index (χ3v) is 5.89. The summed E-state index contributed by atoms with van der Waals surface area (Å²) in [5.41, 5.74) is 5.35. The number of piperazine rings is 1. The Morgan fingerprint density at radius 3 is 2.34 bits per heavy atom. The first-order valence-electron chi connectivity index (χ1n) is 11.0. The molecule has 1 aliphatic heterocycles. The predicted molar refractivity (Wildman–Crippen MR) is 130 cm³/mol. The highest BCUT2D eigenvalue weighted by Gasteiger charge is 2.23. The van der Waals surface area contributed by atoms with E-state index in [2.05, 4.69) is 57.5 Å². The van der Waals surface area contributed by atoms with E-state index in [0.29, 0.717) is 18.9 Å². The van der Waals surface area contributed by atoms with E-state index in [9.17, 15) is 4.79 Å². The summed E-state index contributed by atoms with van der Waals surface area (Å²) in [4.78, 5) is 26.0. The maximum absolute atomic E-state index is 12.8. The molecule has 0 saturated carbocycles. The van der Waals surface area contributed by atoms with Crippen molar-refractivity contribution < 1.29 is 4.79 Å². The van der Waals surface area contributed by atoms with Crippen molar-refractivity contribution in [2.75, 3.05) is 41.7 Å². The van der Waals surface area contributed by atoms with Gasteiger partial charge >= 0.3 is 6.03 Å². The van der Waals surface area contributed by atoms with Crippen LogP contribution in [0.15, 0.2) is 48.5 Å². The van der Waals surface area contributed by atoms with Crippen molar-refractivity contribution in [3.05, 3.63) is 71.0 Å². The monoisotopic (exact) mass is 430 g/mol. The molecule has 4 rings (SSSR count). The average Bonchev–Trinajstić information content (AvgIpc) is 2.78. The van der Waals surface area contributed by atoms with E-state index in [-0.39, 0.29) is 6.03 Å². The molecule has 3 aromatic rings. The maximum atomic E-state index is 12.8. The van der Waals surface area contributed by atoms with Crippen LogP contribution in [0.1, 0.15) is 22.5 Å². The number of aromatic nitrogens is 2. The fraction of sp³-hybridized carbons (Fsp3) is 0.320.